The molecule has 0 atom stereocenters. The van der Waals surface area contributed by atoms with Gasteiger partial charge < -0.3 is 20.6 Å². The van der Waals surface area contributed by atoms with Gasteiger partial charge in [-0.15, -0.1) is 0 Å². The standard InChI is InChI=1S/C9H9F2N3O4/c1-18-6(15)3-4-2-5(8(10)11)7(12)9(13-4)14(16)17/h2,8H,3,12H2,1H3. The van der Waals surface area contributed by atoms with Gasteiger partial charge in [0, 0.05) is 0 Å². The van der Waals surface area contributed by atoms with E-state index in [0.717, 1.165) is 13.2 Å². The van der Waals surface area contributed by atoms with Crippen molar-refractivity contribution in [1.29, 1.82) is 0 Å². The first-order valence-corrected chi connectivity index (χ1v) is 4.65. The van der Waals surface area contributed by atoms with E-state index < -0.39 is 40.8 Å². The zero-order chi connectivity index (χ0) is 13.9. The van der Waals surface area contributed by atoms with Crippen LogP contribution in [0.2, 0.25) is 0 Å². The second-order valence-electron chi connectivity index (χ2n) is 3.25. The highest BCUT2D eigenvalue weighted by Gasteiger charge is 2.25. The van der Waals surface area contributed by atoms with Crippen LogP contribution in [0.5, 0.6) is 0 Å². The lowest BCUT2D eigenvalue weighted by atomic mass is 10.1. The zero-order valence-corrected chi connectivity index (χ0v) is 9.22. The average Bonchev–Trinajstić information content (AvgIpc) is 2.30. The number of esters is 1. The number of anilines is 1. The van der Waals surface area contributed by atoms with Gasteiger partial charge in [0.05, 0.1) is 12.7 Å². The fourth-order valence-electron chi connectivity index (χ4n) is 1.25. The van der Waals surface area contributed by atoms with Gasteiger partial charge in [0.25, 0.3) is 6.43 Å². The highest BCUT2D eigenvalue weighted by Crippen LogP contribution is 2.31. The Morgan fingerprint density at radius 1 is 1.67 bits per heavy atom. The number of nitrogen functional groups attached to an aromatic ring is 1. The Balaban J connectivity index is 3.29. The third-order valence-electron chi connectivity index (χ3n) is 2.08. The molecule has 0 aromatic carbocycles. The van der Waals surface area contributed by atoms with Gasteiger partial charge in [0.1, 0.15) is 12.1 Å². The molecule has 0 saturated heterocycles. The Morgan fingerprint density at radius 3 is 2.72 bits per heavy atom. The number of hydrogen-bond donors (Lipinski definition) is 1. The molecule has 2 N–H and O–H groups in total. The molecule has 7 nitrogen and oxygen atoms in total. The molecule has 0 bridgehead atoms. The van der Waals surface area contributed by atoms with Gasteiger partial charge in [-0.3, -0.25) is 4.79 Å². The van der Waals surface area contributed by atoms with Crippen LogP contribution in [0.15, 0.2) is 6.07 Å². The second kappa shape index (κ2) is 5.34. The van der Waals surface area contributed by atoms with Crippen LogP contribution in [0.4, 0.5) is 20.3 Å². The molecule has 18 heavy (non-hydrogen) atoms. The quantitative estimate of drug-likeness (QED) is 0.496. The van der Waals surface area contributed by atoms with Crippen LogP contribution < -0.4 is 5.73 Å². The van der Waals surface area contributed by atoms with Crippen LogP contribution in [-0.2, 0) is 16.0 Å². The summed E-state index contributed by atoms with van der Waals surface area (Å²) in [4.78, 5) is 24.0. The molecule has 1 aromatic heterocycles. The van der Waals surface area contributed by atoms with E-state index in [2.05, 4.69) is 9.72 Å². The third-order valence-corrected chi connectivity index (χ3v) is 2.08. The molecule has 9 heteroatoms. The third kappa shape index (κ3) is 2.87. The van der Waals surface area contributed by atoms with E-state index in [4.69, 9.17) is 5.73 Å². The number of nitrogens with two attached hydrogens (primary N) is 1. The Bertz CT molecular complexity index is 493. The molecule has 0 amide bonds. The summed E-state index contributed by atoms with van der Waals surface area (Å²) in [5.74, 6) is -1.64. The van der Waals surface area contributed by atoms with Crippen molar-refractivity contribution in [3.05, 3.63) is 27.4 Å². The number of nitro groups is 1. The van der Waals surface area contributed by atoms with E-state index in [-0.39, 0.29) is 5.69 Å². The predicted molar refractivity (Wildman–Crippen MR) is 56.0 cm³/mol. The number of hydrogen-bond acceptors (Lipinski definition) is 6. The zero-order valence-electron chi connectivity index (χ0n) is 9.22. The van der Waals surface area contributed by atoms with Gasteiger partial charge in [-0.1, -0.05) is 0 Å². The normalized spacial score (nSPS) is 10.4. The Hall–Kier alpha value is -2.32. The smallest absolute Gasteiger partial charge is 0.387 e. The topological polar surface area (TPSA) is 108 Å². The number of rotatable bonds is 4. The Labute approximate surface area is 99.7 Å². The SMILES string of the molecule is COC(=O)Cc1cc(C(F)F)c(N)c([N+](=O)[O-])n1. The lowest BCUT2D eigenvalue weighted by Gasteiger charge is -2.06. The van der Waals surface area contributed by atoms with E-state index in [1.54, 1.807) is 0 Å². The number of ether oxygens (including phenoxy) is 1. The molecule has 98 valence electrons. The first kappa shape index (κ1) is 13.7. The number of carbonyl (C=O) groups excluding carboxylic acids is 1. The van der Waals surface area contributed by atoms with E-state index in [1.165, 1.54) is 0 Å². The summed E-state index contributed by atoms with van der Waals surface area (Å²) in [5, 5.41) is 10.6. The molecule has 0 aliphatic rings. The first-order valence-electron chi connectivity index (χ1n) is 4.65. The lowest BCUT2D eigenvalue weighted by Crippen LogP contribution is -2.10. The fourth-order valence-corrected chi connectivity index (χ4v) is 1.25. The van der Waals surface area contributed by atoms with Crippen LogP contribution in [0.3, 0.4) is 0 Å². The maximum atomic E-state index is 12.6. The fraction of sp³-hybridized carbons (Fsp3) is 0.333. The highest BCUT2D eigenvalue weighted by atomic mass is 19.3. The number of alkyl halides is 2. The maximum Gasteiger partial charge on any atom is 0.387 e. The van der Waals surface area contributed by atoms with Gasteiger partial charge >= 0.3 is 11.8 Å². The van der Waals surface area contributed by atoms with Crippen molar-refractivity contribution < 1.29 is 23.2 Å². The summed E-state index contributed by atoms with van der Waals surface area (Å²) < 4.78 is 29.6. The van der Waals surface area contributed by atoms with E-state index in [9.17, 15) is 23.7 Å². The summed E-state index contributed by atoms with van der Waals surface area (Å²) in [5.41, 5.74) is 3.59. The number of nitrogens with zero attached hydrogens (tertiary/aromatic N) is 2. The van der Waals surface area contributed by atoms with Crippen LogP contribution >= 0.6 is 0 Å². The molecule has 1 aromatic rings. The average molecular weight is 261 g/mol. The molecule has 0 aliphatic carbocycles. The van der Waals surface area contributed by atoms with Gasteiger partial charge in [0.2, 0.25) is 0 Å². The first-order chi connectivity index (χ1) is 8.36. The van der Waals surface area contributed by atoms with Crippen molar-refractivity contribution in [2.45, 2.75) is 12.8 Å². The monoisotopic (exact) mass is 261 g/mol. The van der Waals surface area contributed by atoms with Gasteiger partial charge in [-0.25, -0.2) is 8.78 Å². The summed E-state index contributed by atoms with van der Waals surface area (Å²) in [6.45, 7) is 0. The van der Waals surface area contributed by atoms with E-state index in [1.807, 2.05) is 0 Å². The highest BCUT2D eigenvalue weighted by molar-refractivity contribution is 5.72. The summed E-state index contributed by atoms with van der Waals surface area (Å²) in [6.07, 6.45) is -3.44. The number of aromatic nitrogens is 1. The van der Waals surface area contributed by atoms with Crippen LogP contribution in [0.1, 0.15) is 17.7 Å². The van der Waals surface area contributed by atoms with E-state index >= 15 is 0 Å². The lowest BCUT2D eigenvalue weighted by molar-refractivity contribution is -0.388. The minimum atomic E-state index is -3.00. The van der Waals surface area contributed by atoms with Crippen molar-refractivity contribution in [2.75, 3.05) is 12.8 Å². The van der Waals surface area contributed by atoms with Crippen molar-refractivity contribution >= 4 is 17.5 Å². The minimum absolute atomic E-state index is 0.196. The molecule has 0 spiro atoms. The Morgan fingerprint density at radius 2 is 2.28 bits per heavy atom. The maximum absolute atomic E-state index is 12.6. The predicted octanol–water partition coefficient (Wildman–Crippen LogP) is 1.23. The van der Waals surface area contributed by atoms with Gasteiger partial charge in [0.15, 0.2) is 5.69 Å². The van der Waals surface area contributed by atoms with Crippen LogP contribution in [-0.4, -0.2) is 23.0 Å². The molecule has 0 aliphatic heterocycles. The molecule has 1 rings (SSSR count). The molecule has 0 saturated carbocycles. The summed E-state index contributed by atoms with van der Waals surface area (Å²) in [6, 6.07) is 0.851. The van der Waals surface area contributed by atoms with Crippen LogP contribution in [0, 0.1) is 10.1 Å². The van der Waals surface area contributed by atoms with E-state index in [0.29, 0.717) is 0 Å². The molecule has 0 radical (unpaired) electrons. The molecular weight excluding hydrogens is 252 g/mol. The van der Waals surface area contributed by atoms with Crippen molar-refractivity contribution in [3.63, 3.8) is 0 Å². The number of methoxy groups -OCH3 is 1. The van der Waals surface area contributed by atoms with Gasteiger partial charge in [-0.05, 0) is 16.0 Å². The summed E-state index contributed by atoms with van der Waals surface area (Å²) in [7, 11) is 1.10. The number of pyridine rings is 1. The van der Waals surface area contributed by atoms with Gasteiger partial charge in [-0.2, -0.15) is 0 Å². The molecule has 0 unspecified atom stereocenters. The molecule has 1 heterocycles. The number of carbonyl (C=O) groups is 1. The van der Waals surface area contributed by atoms with Crippen molar-refractivity contribution in [1.82, 2.24) is 4.98 Å². The summed E-state index contributed by atoms with van der Waals surface area (Å²) >= 11 is 0. The Kier molecular flexibility index (Phi) is 4.08. The largest absolute Gasteiger partial charge is 0.469 e. The van der Waals surface area contributed by atoms with Crippen LogP contribution in [0.25, 0.3) is 0 Å². The molecule has 0 fully saturated rings. The second-order valence-corrected chi connectivity index (χ2v) is 3.25. The van der Waals surface area contributed by atoms with Crippen molar-refractivity contribution in [3.8, 4) is 0 Å². The minimum Gasteiger partial charge on any atom is -0.469 e. The number of halogens is 2. The van der Waals surface area contributed by atoms with Crippen molar-refractivity contribution in [2.24, 2.45) is 0 Å². The molecular formula is C9H9F2N3O4.